The van der Waals surface area contributed by atoms with Gasteiger partial charge in [0.1, 0.15) is 0 Å². The van der Waals surface area contributed by atoms with E-state index in [9.17, 15) is 4.79 Å². The van der Waals surface area contributed by atoms with Gasteiger partial charge in [0.25, 0.3) is 0 Å². The summed E-state index contributed by atoms with van der Waals surface area (Å²) >= 11 is 0. The molecule has 0 spiro atoms. The topological polar surface area (TPSA) is 76.4 Å². The molecular formula is C4H7N3O2. The van der Waals surface area contributed by atoms with Crippen LogP contribution in [0, 0.1) is 5.41 Å². The largest absolute Gasteiger partial charge is 0.465 e. The highest BCUT2D eigenvalue weighted by atomic mass is 16.4. The molecule has 5 heteroatoms. The predicted octanol–water partition coefficient (Wildman–Crippen LogP) is -0.496. The van der Waals surface area contributed by atoms with E-state index >= 15 is 0 Å². The molecule has 0 aliphatic carbocycles. The first-order chi connectivity index (χ1) is 4.22. The standard InChI is InChI=1S/C4H7N3O2/c5-3-6-1-2-7(3)4(8)9/h1-2H2,(H2,5,6)(H,8,9). The summed E-state index contributed by atoms with van der Waals surface area (Å²) in [5, 5.41) is 17.9. The molecule has 3 N–H and O–H groups in total. The van der Waals surface area contributed by atoms with Crippen LogP contribution in [-0.2, 0) is 0 Å². The third-order valence-corrected chi connectivity index (χ3v) is 1.13. The minimum absolute atomic E-state index is 0.0255. The van der Waals surface area contributed by atoms with Gasteiger partial charge in [0, 0.05) is 13.1 Å². The van der Waals surface area contributed by atoms with Gasteiger partial charge in [0.2, 0.25) is 5.96 Å². The number of amides is 1. The van der Waals surface area contributed by atoms with Gasteiger partial charge in [-0.25, -0.2) is 9.69 Å². The zero-order valence-corrected chi connectivity index (χ0v) is 4.72. The molecule has 1 saturated heterocycles. The van der Waals surface area contributed by atoms with Crippen molar-refractivity contribution in [3.63, 3.8) is 0 Å². The summed E-state index contributed by atoms with van der Waals surface area (Å²) in [5.41, 5.74) is 0. The Labute approximate surface area is 51.8 Å². The molecule has 0 unspecified atom stereocenters. The van der Waals surface area contributed by atoms with Crippen molar-refractivity contribution in [2.75, 3.05) is 13.1 Å². The Bertz CT molecular complexity index is 156. The molecule has 0 radical (unpaired) electrons. The van der Waals surface area contributed by atoms with E-state index in [1.54, 1.807) is 0 Å². The molecule has 0 aromatic rings. The third kappa shape index (κ3) is 0.933. The first-order valence-electron chi connectivity index (χ1n) is 2.54. The highest BCUT2D eigenvalue weighted by Crippen LogP contribution is 1.93. The highest BCUT2D eigenvalue weighted by Gasteiger charge is 2.21. The number of carboxylic acid groups (broad SMARTS) is 1. The fraction of sp³-hybridized carbons (Fsp3) is 0.500. The molecule has 1 fully saturated rings. The molecule has 0 saturated carbocycles. The van der Waals surface area contributed by atoms with Gasteiger partial charge in [-0.2, -0.15) is 0 Å². The first kappa shape index (κ1) is 5.87. The lowest BCUT2D eigenvalue weighted by molar-refractivity contribution is 0.172. The molecule has 1 amide bonds. The van der Waals surface area contributed by atoms with Crippen LogP contribution in [0.4, 0.5) is 4.79 Å². The Hall–Kier alpha value is -1.26. The van der Waals surface area contributed by atoms with Crippen molar-refractivity contribution in [1.29, 1.82) is 5.41 Å². The summed E-state index contributed by atoms with van der Waals surface area (Å²) in [5.74, 6) is -0.0255. The fourth-order valence-corrected chi connectivity index (χ4v) is 0.685. The third-order valence-electron chi connectivity index (χ3n) is 1.13. The summed E-state index contributed by atoms with van der Waals surface area (Å²) < 4.78 is 0. The SMILES string of the molecule is N=C1NCCN1C(=O)O. The van der Waals surface area contributed by atoms with Crippen molar-refractivity contribution < 1.29 is 9.90 Å². The van der Waals surface area contributed by atoms with E-state index in [0.717, 1.165) is 4.90 Å². The molecule has 5 nitrogen and oxygen atoms in total. The Morgan fingerprint density at radius 2 is 2.56 bits per heavy atom. The molecule has 50 valence electrons. The van der Waals surface area contributed by atoms with Crippen LogP contribution in [0.25, 0.3) is 0 Å². The molecule has 0 bridgehead atoms. The van der Waals surface area contributed by atoms with Crippen LogP contribution < -0.4 is 5.32 Å². The fourth-order valence-electron chi connectivity index (χ4n) is 0.685. The number of hydrogen-bond donors (Lipinski definition) is 3. The van der Waals surface area contributed by atoms with E-state index in [-0.39, 0.29) is 5.96 Å². The van der Waals surface area contributed by atoms with E-state index in [1.807, 2.05) is 0 Å². The maximum absolute atomic E-state index is 10.2. The van der Waals surface area contributed by atoms with Crippen molar-refractivity contribution in [2.45, 2.75) is 0 Å². The number of rotatable bonds is 0. The van der Waals surface area contributed by atoms with Crippen LogP contribution in [0.15, 0.2) is 0 Å². The summed E-state index contributed by atoms with van der Waals surface area (Å²) in [6, 6.07) is 0. The molecule has 0 aromatic carbocycles. The second-order valence-corrected chi connectivity index (χ2v) is 1.71. The monoisotopic (exact) mass is 129 g/mol. The van der Waals surface area contributed by atoms with Gasteiger partial charge in [-0.15, -0.1) is 0 Å². The molecule has 1 aliphatic rings. The van der Waals surface area contributed by atoms with Gasteiger partial charge in [0.05, 0.1) is 0 Å². The zero-order chi connectivity index (χ0) is 6.85. The number of hydrogen-bond acceptors (Lipinski definition) is 2. The maximum Gasteiger partial charge on any atom is 0.414 e. The van der Waals surface area contributed by atoms with Crippen molar-refractivity contribution >= 4 is 12.1 Å². The van der Waals surface area contributed by atoms with Crippen LogP contribution in [0.5, 0.6) is 0 Å². The van der Waals surface area contributed by atoms with Crippen LogP contribution in [-0.4, -0.2) is 35.1 Å². The summed E-state index contributed by atoms with van der Waals surface area (Å²) in [7, 11) is 0. The lowest BCUT2D eigenvalue weighted by Crippen LogP contribution is -2.33. The van der Waals surface area contributed by atoms with Crippen LogP contribution >= 0.6 is 0 Å². The number of nitrogens with zero attached hydrogens (tertiary/aromatic N) is 1. The Morgan fingerprint density at radius 3 is 2.78 bits per heavy atom. The molecule has 9 heavy (non-hydrogen) atoms. The van der Waals surface area contributed by atoms with Crippen LogP contribution in [0.3, 0.4) is 0 Å². The van der Waals surface area contributed by atoms with E-state index in [1.165, 1.54) is 0 Å². The molecule has 1 aliphatic heterocycles. The summed E-state index contributed by atoms with van der Waals surface area (Å²) in [6.45, 7) is 0.930. The van der Waals surface area contributed by atoms with Crippen LogP contribution in [0.1, 0.15) is 0 Å². The Morgan fingerprint density at radius 1 is 1.89 bits per heavy atom. The first-order valence-corrected chi connectivity index (χ1v) is 2.54. The minimum atomic E-state index is -1.06. The van der Waals surface area contributed by atoms with Gasteiger partial charge in [-0.1, -0.05) is 0 Å². The minimum Gasteiger partial charge on any atom is -0.465 e. The number of nitrogens with one attached hydrogen (secondary N) is 2. The van der Waals surface area contributed by atoms with Gasteiger partial charge < -0.3 is 10.4 Å². The molecule has 1 heterocycles. The van der Waals surface area contributed by atoms with Crippen molar-refractivity contribution in [1.82, 2.24) is 10.2 Å². The van der Waals surface area contributed by atoms with Gasteiger partial charge >= 0.3 is 6.09 Å². The van der Waals surface area contributed by atoms with Gasteiger partial charge in [-0.3, -0.25) is 5.41 Å². The van der Waals surface area contributed by atoms with Gasteiger partial charge in [0.15, 0.2) is 0 Å². The van der Waals surface area contributed by atoms with E-state index < -0.39 is 6.09 Å². The second-order valence-electron chi connectivity index (χ2n) is 1.71. The summed E-state index contributed by atoms with van der Waals surface area (Å²) in [6.07, 6.45) is -1.06. The summed E-state index contributed by atoms with van der Waals surface area (Å²) in [4.78, 5) is 11.1. The zero-order valence-electron chi connectivity index (χ0n) is 4.72. The van der Waals surface area contributed by atoms with Crippen molar-refractivity contribution in [2.24, 2.45) is 0 Å². The molecule has 0 atom stereocenters. The van der Waals surface area contributed by atoms with Crippen LogP contribution in [0.2, 0.25) is 0 Å². The normalized spacial score (nSPS) is 17.8. The van der Waals surface area contributed by atoms with Crippen molar-refractivity contribution in [3.05, 3.63) is 0 Å². The molecule has 0 aromatic heterocycles. The van der Waals surface area contributed by atoms with E-state index in [2.05, 4.69) is 5.32 Å². The molecular weight excluding hydrogens is 122 g/mol. The average molecular weight is 129 g/mol. The average Bonchev–Trinajstić information content (AvgIpc) is 2.13. The Balaban J connectivity index is 2.60. The smallest absolute Gasteiger partial charge is 0.414 e. The second kappa shape index (κ2) is 1.93. The maximum atomic E-state index is 10.2. The lowest BCUT2D eigenvalue weighted by Gasteiger charge is -2.07. The quantitative estimate of drug-likeness (QED) is 0.413. The Kier molecular flexibility index (Phi) is 1.26. The van der Waals surface area contributed by atoms with Crippen molar-refractivity contribution in [3.8, 4) is 0 Å². The van der Waals surface area contributed by atoms with Gasteiger partial charge in [-0.05, 0) is 0 Å². The number of carbonyl (C=O) groups is 1. The lowest BCUT2D eigenvalue weighted by atomic mass is 10.6. The van der Waals surface area contributed by atoms with E-state index in [0.29, 0.717) is 13.1 Å². The highest BCUT2D eigenvalue weighted by molar-refractivity contribution is 5.92. The number of guanidine groups is 1. The van der Waals surface area contributed by atoms with E-state index in [4.69, 9.17) is 10.5 Å². The molecule has 1 rings (SSSR count). The predicted molar refractivity (Wildman–Crippen MR) is 30.5 cm³/mol.